The van der Waals surface area contributed by atoms with Crippen molar-refractivity contribution in [3.8, 4) is 5.69 Å². The highest BCUT2D eigenvalue weighted by Crippen LogP contribution is 2.22. The van der Waals surface area contributed by atoms with Gasteiger partial charge in [0.1, 0.15) is 11.2 Å². The molecule has 0 spiro atoms. The average molecular weight is 387 g/mol. The van der Waals surface area contributed by atoms with Crippen molar-refractivity contribution in [2.45, 2.75) is 40.2 Å². The van der Waals surface area contributed by atoms with Crippen LogP contribution in [0, 0.1) is 5.92 Å². The SMILES string of the molecule is CC(C)Cn1c2ccccc2c(=O)c2c(=O)n(-c3ccccc3)c(C(C)C)nc21. The van der Waals surface area contributed by atoms with Crippen LogP contribution < -0.4 is 11.0 Å². The van der Waals surface area contributed by atoms with Crippen molar-refractivity contribution >= 4 is 21.9 Å². The van der Waals surface area contributed by atoms with E-state index in [0.29, 0.717) is 29.3 Å². The van der Waals surface area contributed by atoms with Crippen LogP contribution in [0.4, 0.5) is 0 Å². The van der Waals surface area contributed by atoms with Crippen molar-refractivity contribution in [1.29, 1.82) is 0 Å². The van der Waals surface area contributed by atoms with Gasteiger partial charge in [0, 0.05) is 17.8 Å². The van der Waals surface area contributed by atoms with Crippen LogP contribution in [0.2, 0.25) is 0 Å². The first-order valence-electron chi connectivity index (χ1n) is 10.0. The lowest BCUT2D eigenvalue weighted by molar-refractivity contribution is 0.539. The fraction of sp³-hybridized carbons (Fsp3) is 0.292. The molecule has 0 aliphatic rings. The van der Waals surface area contributed by atoms with Crippen molar-refractivity contribution in [3.63, 3.8) is 0 Å². The van der Waals surface area contributed by atoms with Gasteiger partial charge in [0.15, 0.2) is 5.65 Å². The second-order valence-electron chi connectivity index (χ2n) is 8.15. The number of nitrogens with zero attached hydrogens (tertiary/aromatic N) is 3. The first-order valence-corrected chi connectivity index (χ1v) is 10.0. The summed E-state index contributed by atoms with van der Waals surface area (Å²) in [5.74, 6) is 1.01. The molecule has 0 N–H and O–H groups in total. The van der Waals surface area contributed by atoms with Gasteiger partial charge < -0.3 is 4.57 Å². The fourth-order valence-corrected chi connectivity index (χ4v) is 3.83. The smallest absolute Gasteiger partial charge is 0.271 e. The molecule has 148 valence electrons. The first kappa shape index (κ1) is 19.1. The lowest BCUT2D eigenvalue weighted by Gasteiger charge is -2.20. The molecule has 0 aliphatic heterocycles. The van der Waals surface area contributed by atoms with Crippen molar-refractivity contribution in [2.75, 3.05) is 0 Å². The summed E-state index contributed by atoms with van der Waals surface area (Å²) in [6, 6.07) is 16.9. The number of aromatic nitrogens is 3. The van der Waals surface area contributed by atoms with E-state index in [2.05, 4.69) is 13.8 Å². The van der Waals surface area contributed by atoms with E-state index in [4.69, 9.17) is 4.98 Å². The molecule has 0 saturated heterocycles. The van der Waals surface area contributed by atoms with E-state index in [9.17, 15) is 9.59 Å². The highest BCUT2D eigenvalue weighted by Gasteiger charge is 2.21. The highest BCUT2D eigenvalue weighted by atomic mass is 16.1. The lowest BCUT2D eigenvalue weighted by Crippen LogP contribution is -2.30. The Morgan fingerprint density at radius 2 is 1.55 bits per heavy atom. The Balaban J connectivity index is 2.25. The molecule has 0 amide bonds. The third-order valence-electron chi connectivity index (χ3n) is 5.09. The van der Waals surface area contributed by atoms with Crippen LogP contribution in [0.3, 0.4) is 0 Å². The minimum atomic E-state index is -0.307. The fourth-order valence-electron chi connectivity index (χ4n) is 3.83. The summed E-state index contributed by atoms with van der Waals surface area (Å²) < 4.78 is 3.61. The van der Waals surface area contributed by atoms with Gasteiger partial charge >= 0.3 is 0 Å². The number of fused-ring (bicyclic) bond motifs is 2. The van der Waals surface area contributed by atoms with Gasteiger partial charge in [-0.15, -0.1) is 0 Å². The van der Waals surface area contributed by atoms with Gasteiger partial charge in [-0.2, -0.15) is 0 Å². The molecule has 0 fully saturated rings. The van der Waals surface area contributed by atoms with E-state index in [1.807, 2.05) is 66.9 Å². The minimum absolute atomic E-state index is 0.0152. The highest BCUT2D eigenvalue weighted by molar-refractivity contribution is 5.91. The summed E-state index contributed by atoms with van der Waals surface area (Å²) in [5, 5.41) is 0.703. The summed E-state index contributed by atoms with van der Waals surface area (Å²) in [6.07, 6.45) is 0. The Morgan fingerprint density at radius 3 is 2.21 bits per heavy atom. The zero-order valence-corrected chi connectivity index (χ0v) is 17.2. The van der Waals surface area contributed by atoms with Crippen LogP contribution in [-0.2, 0) is 6.54 Å². The maximum absolute atomic E-state index is 13.7. The van der Waals surface area contributed by atoms with Crippen LogP contribution in [0.1, 0.15) is 39.4 Å². The first-order chi connectivity index (χ1) is 13.9. The molecular weight excluding hydrogens is 362 g/mol. The topological polar surface area (TPSA) is 56.9 Å². The molecule has 0 saturated carbocycles. The quantitative estimate of drug-likeness (QED) is 0.485. The third kappa shape index (κ3) is 3.16. The van der Waals surface area contributed by atoms with Crippen LogP contribution in [0.15, 0.2) is 64.2 Å². The predicted octanol–water partition coefficient (Wildman–Crippen LogP) is 4.48. The zero-order valence-electron chi connectivity index (χ0n) is 17.2. The second kappa shape index (κ2) is 7.32. The van der Waals surface area contributed by atoms with Gasteiger partial charge in [-0.1, -0.05) is 58.0 Å². The van der Waals surface area contributed by atoms with E-state index < -0.39 is 0 Å². The molecular formula is C24H25N3O2. The monoisotopic (exact) mass is 387 g/mol. The summed E-state index contributed by atoms with van der Waals surface area (Å²) in [4.78, 5) is 31.9. The number of hydrogen-bond acceptors (Lipinski definition) is 3. The van der Waals surface area contributed by atoms with E-state index in [0.717, 1.165) is 11.2 Å². The summed E-state index contributed by atoms with van der Waals surface area (Å²) in [5.41, 5.74) is 1.45. The Hall–Kier alpha value is -3.21. The molecule has 5 nitrogen and oxygen atoms in total. The molecule has 4 aromatic rings. The van der Waals surface area contributed by atoms with Crippen LogP contribution in [0.25, 0.3) is 27.6 Å². The molecule has 2 heterocycles. The molecule has 0 atom stereocenters. The molecule has 5 heteroatoms. The predicted molar refractivity (Wildman–Crippen MR) is 118 cm³/mol. The van der Waals surface area contributed by atoms with Crippen molar-refractivity contribution in [2.24, 2.45) is 5.92 Å². The van der Waals surface area contributed by atoms with E-state index >= 15 is 0 Å². The van der Waals surface area contributed by atoms with Crippen LogP contribution in [-0.4, -0.2) is 14.1 Å². The van der Waals surface area contributed by atoms with E-state index in [1.54, 1.807) is 10.6 Å². The number of para-hydroxylation sites is 2. The Bertz CT molecular complexity index is 1320. The summed E-state index contributed by atoms with van der Waals surface area (Å²) in [6.45, 7) is 8.94. The lowest BCUT2D eigenvalue weighted by atomic mass is 10.1. The van der Waals surface area contributed by atoms with E-state index in [-0.39, 0.29) is 22.3 Å². The Labute approximate surface area is 169 Å². The zero-order chi connectivity index (χ0) is 20.7. The number of hydrogen-bond donors (Lipinski definition) is 0. The van der Waals surface area contributed by atoms with Crippen molar-refractivity contribution in [1.82, 2.24) is 14.1 Å². The third-order valence-corrected chi connectivity index (χ3v) is 5.09. The molecule has 2 aromatic heterocycles. The van der Waals surface area contributed by atoms with Crippen LogP contribution >= 0.6 is 0 Å². The molecule has 0 bridgehead atoms. The largest absolute Gasteiger partial charge is 0.325 e. The number of rotatable bonds is 4. The minimum Gasteiger partial charge on any atom is -0.325 e. The maximum atomic E-state index is 13.7. The number of benzene rings is 2. The van der Waals surface area contributed by atoms with Gasteiger partial charge in [-0.3, -0.25) is 14.2 Å². The van der Waals surface area contributed by atoms with E-state index in [1.165, 1.54) is 0 Å². The summed E-state index contributed by atoms with van der Waals surface area (Å²) in [7, 11) is 0. The molecule has 0 unspecified atom stereocenters. The maximum Gasteiger partial charge on any atom is 0.271 e. The summed E-state index contributed by atoms with van der Waals surface area (Å²) >= 11 is 0. The van der Waals surface area contributed by atoms with Gasteiger partial charge in [-0.05, 0) is 30.2 Å². The molecule has 4 rings (SSSR count). The molecule has 2 aromatic carbocycles. The average Bonchev–Trinajstić information content (AvgIpc) is 2.70. The van der Waals surface area contributed by atoms with Gasteiger partial charge in [0.25, 0.3) is 5.56 Å². The standard InChI is InChI=1S/C24H25N3O2/c1-15(2)14-26-19-13-9-8-12-18(19)21(28)20-23(26)25-22(16(3)4)27(24(20)29)17-10-6-5-7-11-17/h5-13,15-16H,14H2,1-4H3. The van der Waals surface area contributed by atoms with Gasteiger partial charge in [0.2, 0.25) is 5.43 Å². The molecule has 0 radical (unpaired) electrons. The second-order valence-corrected chi connectivity index (χ2v) is 8.15. The Kier molecular flexibility index (Phi) is 4.82. The Morgan fingerprint density at radius 1 is 0.897 bits per heavy atom. The number of pyridine rings is 1. The van der Waals surface area contributed by atoms with Crippen molar-refractivity contribution < 1.29 is 0 Å². The van der Waals surface area contributed by atoms with Gasteiger partial charge in [0.05, 0.1) is 11.2 Å². The normalized spacial score (nSPS) is 11.8. The van der Waals surface area contributed by atoms with Crippen molar-refractivity contribution in [3.05, 3.63) is 81.0 Å². The molecule has 29 heavy (non-hydrogen) atoms. The molecule has 0 aliphatic carbocycles. The van der Waals surface area contributed by atoms with Gasteiger partial charge in [-0.25, -0.2) is 4.98 Å². The van der Waals surface area contributed by atoms with Crippen LogP contribution in [0.5, 0.6) is 0 Å².